The van der Waals surface area contributed by atoms with E-state index in [2.05, 4.69) is 27.5 Å². The maximum atomic E-state index is 6.12. The van der Waals surface area contributed by atoms with Crippen LogP contribution in [0.1, 0.15) is 11.5 Å². The lowest BCUT2D eigenvalue weighted by Gasteiger charge is -2.07. The van der Waals surface area contributed by atoms with Crippen LogP contribution in [0.3, 0.4) is 0 Å². The average molecular weight is 347 g/mol. The zero-order valence-electron chi connectivity index (χ0n) is 9.87. The van der Waals surface area contributed by atoms with Gasteiger partial charge < -0.3 is 9.73 Å². The molecule has 2 aromatic rings. The molecule has 0 aliphatic rings. The van der Waals surface area contributed by atoms with Crippen LogP contribution >= 0.6 is 39.3 Å². The SMILES string of the molecule is CSCc1ccc(CNc2ccc(Br)cc2Cl)o1. The van der Waals surface area contributed by atoms with Crippen LogP contribution in [0.25, 0.3) is 0 Å². The van der Waals surface area contributed by atoms with Gasteiger partial charge in [0, 0.05) is 4.47 Å². The van der Waals surface area contributed by atoms with Crippen LogP contribution in [-0.2, 0) is 12.3 Å². The van der Waals surface area contributed by atoms with Crippen molar-refractivity contribution >= 4 is 45.0 Å². The van der Waals surface area contributed by atoms with Gasteiger partial charge in [0.05, 0.1) is 23.0 Å². The molecule has 2 nitrogen and oxygen atoms in total. The van der Waals surface area contributed by atoms with Crippen LogP contribution in [0.2, 0.25) is 5.02 Å². The average Bonchev–Trinajstić information content (AvgIpc) is 2.76. The Morgan fingerprint density at radius 3 is 2.78 bits per heavy atom. The second-order valence-corrected chi connectivity index (χ2v) is 5.97. The third-order valence-corrected chi connectivity index (χ3v) is 3.77. The first-order chi connectivity index (χ1) is 8.69. The number of rotatable bonds is 5. The number of benzene rings is 1. The van der Waals surface area contributed by atoms with E-state index in [1.165, 1.54) is 0 Å². The standard InChI is InChI=1S/C13H13BrClNOS/c1-18-8-11-4-3-10(17-11)7-16-13-5-2-9(14)6-12(13)15/h2-6,16H,7-8H2,1H3. The van der Waals surface area contributed by atoms with Gasteiger partial charge in [0.25, 0.3) is 0 Å². The summed E-state index contributed by atoms with van der Waals surface area (Å²) in [5.41, 5.74) is 0.905. The van der Waals surface area contributed by atoms with Gasteiger partial charge in [-0.05, 0) is 36.6 Å². The molecule has 0 amide bonds. The van der Waals surface area contributed by atoms with Crippen LogP contribution in [-0.4, -0.2) is 6.26 Å². The highest BCUT2D eigenvalue weighted by atomic mass is 79.9. The van der Waals surface area contributed by atoms with E-state index in [4.69, 9.17) is 16.0 Å². The van der Waals surface area contributed by atoms with Crippen LogP contribution in [0.5, 0.6) is 0 Å². The molecule has 0 saturated heterocycles. The third-order valence-electron chi connectivity index (χ3n) is 2.39. The molecule has 0 spiro atoms. The summed E-state index contributed by atoms with van der Waals surface area (Å²) in [4.78, 5) is 0. The van der Waals surface area contributed by atoms with Crippen molar-refractivity contribution in [3.8, 4) is 0 Å². The Kier molecular flexibility index (Phi) is 5.03. The van der Waals surface area contributed by atoms with Crippen LogP contribution in [0.4, 0.5) is 5.69 Å². The molecule has 96 valence electrons. The summed E-state index contributed by atoms with van der Waals surface area (Å²) >= 11 is 11.3. The van der Waals surface area contributed by atoms with E-state index in [9.17, 15) is 0 Å². The molecule has 5 heteroatoms. The van der Waals surface area contributed by atoms with E-state index >= 15 is 0 Å². The number of furan rings is 1. The fraction of sp³-hybridized carbons (Fsp3) is 0.231. The molecule has 1 aromatic carbocycles. The smallest absolute Gasteiger partial charge is 0.123 e. The van der Waals surface area contributed by atoms with Crippen molar-refractivity contribution in [2.24, 2.45) is 0 Å². The quantitative estimate of drug-likeness (QED) is 0.808. The van der Waals surface area contributed by atoms with Gasteiger partial charge >= 0.3 is 0 Å². The number of thioether (sulfide) groups is 1. The maximum Gasteiger partial charge on any atom is 0.123 e. The van der Waals surface area contributed by atoms with E-state index in [0.717, 1.165) is 27.4 Å². The van der Waals surface area contributed by atoms with Crippen LogP contribution < -0.4 is 5.32 Å². The Balaban J connectivity index is 1.97. The predicted octanol–water partition coefficient (Wildman–Crippen LogP) is 5.17. The summed E-state index contributed by atoms with van der Waals surface area (Å²) in [5.74, 6) is 2.82. The number of hydrogen-bond donors (Lipinski definition) is 1. The van der Waals surface area contributed by atoms with E-state index in [0.29, 0.717) is 11.6 Å². The molecule has 0 saturated carbocycles. The van der Waals surface area contributed by atoms with Crippen molar-refractivity contribution in [3.63, 3.8) is 0 Å². The van der Waals surface area contributed by atoms with Gasteiger partial charge in [-0.25, -0.2) is 0 Å². The Hall–Kier alpha value is -0.580. The number of halogens is 2. The van der Waals surface area contributed by atoms with Crippen molar-refractivity contribution in [3.05, 3.63) is 51.3 Å². The highest BCUT2D eigenvalue weighted by Crippen LogP contribution is 2.26. The number of anilines is 1. The number of nitrogens with one attached hydrogen (secondary N) is 1. The van der Waals surface area contributed by atoms with Gasteiger partial charge in [-0.1, -0.05) is 27.5 Å². The van der Waals surface area contributed by atoms with Crippen LogP contribution in [0, 0.1) is 0 Å². The third kappa shape index (κ3) is 3.70. The Bertz CT molecular complexity index is 529. The highest BCUT2D eigenvalue weighted by molar-refractivity contribution is 9.10. The van der Waals surface area contributed by atoms with Gasteiger partial charge in [-0.3, -0.25) is 0 Å². The lowest BCUT2D eigenvalue weighted by atomic mass is 10.3. The monoisotopic (exact) mass is 345 g/mol. The Labute approximate surface area is 124 Å². The van der Waals surface area contributed by atoms with E-state index < -0.39 is 0 Å². The molecular formula is C13H13BrClNOS. The first-order valence-electron chi connectivity index (χ1n) is 5.44. The first kappa shape index (κ1) is 13.8. The highest BCUT2D eigenvalue weighted by Gasteiger charge is 2.04. The van der Waals surface area contributed by atoms with Gasteiger partial charge in [-0.15, -0.1) is 0 Å². The Morgan fingerprint density at radius 1 is 1.28 bits per heavy atom. The molecule has 0 atom stereocenters. The topological polar surface area (TPSA) is 25.2 Å². The fourth-order valence-electron chi connectivity index (χ4n) is 1.55. The second kappa shape index (κ2) is 6.55. The summed E-state index contributed by atoms with van der Waals surface area (Å²) in [7, 11) is 0. The molecule has 18 heavy (non-hydrogen) atoms. The molecule has 2 rings (SSSR count). The largest absolute Gasteiger partial charge is 0.463 e. The van der Waals surface area contributed by atoms with E-state index in [1.54, 1.807) is 11.8 Å². The molecule has 0 bridgehead atoms. The summed E-state index contributed by atoms with van der Waals surface area (Å²) in [6.07, 6.45) is 2.06. The molecule has 0 radical (unpaired) electrons. The first-order valence-corrected chi connectivity index (χ1v) is 8.01. The fourth-order valence-corrected chi connectivity index (χ4v) is 2.73. The van der Waals surface area contributed by atoms with E-state index in [1.807, 2.05) is 30.3 Å². The minimum Gasteiger partial charge on any atom is -0.463 e. The molecule has 1 N–H and O–H groups in total. The Morgan fingerprint density at radius 2 is 2.06 bits per heavy atom. The second-order valence-electron chi connectivity index (χ2n) is 3.78. The summed E-state index contributed by atoms with van der Waals surface area (Å²) in [6.45, 7) is 0.635. The van der Waals surface area contributed by atoms with Crippen molar-refractivity contribution in [1.29, 1.82) is 0 Å². The number of hydrogen-bond acceptors (Lipinski definition) is 3. The molecule has 1 aromatic heterocycles. The summed E-state index contributed by atoms with van der Waals surface area (Å²) in [5, 5.41) is 3.95. The lowest BCUT2D eigenvalue weighted by molar-refractivity contribution is 0.487. The summed E-state index contributed by atoms with van der Waals surface area (Å²) < 4.78 is 6.64. The minimum absolute atomic E-state index is 0.635. The lowest BCUT2D eigenvalue weighted by Crippen LogP contribution is -1.98. The molecular weight excluding hydrogens is 334 g/mol. The maximum absolute atomic E-state index is 6.12. The molecule has 0 aliphatic heterocycles. The normalized spacial score (nSPS) is 10.6. The molecule has 0 fully saturated rings. The summed E-state index contributed by atoms with van der Waals surface area (Å²) in [6, 6.07) is 9.76. The zero-order valence-corrected chi connectivity index (χ0v) is 13.0. The minimum atomic E-state index is 0.635. The molecule has 0 aliphatic carbocycles. The van der Waals surface area contributed by atoms with Gasteiger partial charge in [0.1, 0.15) is 11.5 Å². The predicted molar refractivity (Wildman–Crippen MR) is 82.4 cm³/mol. The van der Waals surface area contributed by atoms with Crippen molar-refractivity contribution < 1.29 is 4.42 Å². The zero-order chi connectivity index (χ0) is 13.0. The molecule has 0 unspecified atom stereocenters. The van der Waals surface area contributed by atoms with Crippen molar-refractivity contribution in [1.82, 2.24) is 0 Å². The molecule has 1 heterocycles. The van der Waals surface area contributed by atoms with E-state index in [-0.39, 0.29) is 0 Å². The van der Waals surface area contributed by atoms with Crippen LogP contribution in [0.15, 0.2) is 39.2 Å². The van der Waals surface area contributed by atoms with Crippen molar-refractivity contribution in [2.75, 3.05) is 11.6 Å². The van der Waals surface area contributed by atoms with Crippen molar-refractivity contribution in [2.45, 2.75) is 12.3 Å². The van der Waals surface area contributed by atoms with Gasteiger partial charge in [0.15, 0.2) is 0 Å². The van der Waals surface area contributed by atoms with Gasteiger partial charge in [-0.2, -0.15) is 11.8 Å². The van der Waals surface area contributed by atoms with Gasteiger partial charge in [0.2, 0.25) is 0 Å².